The van der Waals surface area contributed by atoms with Crippen molar-refractivity contribution in [3.05, 3.63) is 71.8 Å². The van der Waals surface area contributed by atoms with Crippen molar-refractivity contribution in [1.82, 2.24) is 5.32 Å². The minimum Gasteiger partial charge on any atom is -0.493 e. The minimum absolute atomic E-state index is 0.0396. The van der Waals surface area contributed by atoms with Gasteiger partial charge in [0.1, 0.15) is 0 Å². The van der Waals surface area contributed by atoms with E-state index in [9.17, 15) is 4.79 Å². The Labute approximate surface area is 160 Å². The van der Waals surface area contributed by atoms with Gasteiger partial charge in [0, 0.05) is 12.5 Å². The number of ether oxygens (including phenoxy) is 2. The van der Waals surface area contributed by atoms with Crippen molar-refractivity contribution in [2.75, 3.05) is 14.2 Å². The van der Waals surface area contributed by atoms with Crippen LogP contribution in [-0.4, -0.2) is 20.1 Å². The first-order valence-electron chi connectivity index (χ1n) is 9.07. The third-order valence-corrected chi connectivity index (χ3v) is 4.77. The molecule has 27 heavy (non-hydrogen) atoms. The summed E-state index contributed by atoms with van der Waals surface area (Å²) in [5, 5.41) is 5.43. The maximum atomic E-state index is 12.6. The second-order valence-electron chi connectivity index (χ2n) is 6.65. The lowest BCUT2D eigenvalue weighted by Crippen LogP contribution is -2.29. The van der Waals surface area contributed by atoms with Crippen LogP contribution >= 0.6 is 0 Å². The Morgan fingerprint density at radius 2 is 1.70 bits per heavy atom. The fourth-order valence-corrected chi connectivity index (χ4v) is 3.25. The largest absolute Gasteiger partial charge is 0.493 e. The van der Waals surface area contributed by atoms with Gasteiger partial charge in [-0.25, -0.2) is 0 Å². The van der Waals surface area contributed by atoms with Crippen LogP contribution in [0.1, 0.15) is 18.1 Å². The number of rotatable bonds is 7. The summed E-state index contributed by atoms with van der Waals surface area (Å²) in [6.45, 7) is 2.42. The molecule has 140 valence electrons. The average Bonchev–Trinajstić information content (AvgIpc) is 2.71. The van der Waals surface area contributed by atoms with Crippen molar-refractivity contribution < 1.29 is 14.3 Å². The van der Waals surface area contributed by atoms with E-state index in [2.05, 4.69) is 29.6 Å². The minimum atomic E-state index is -0.115. The van der Waals surface area contributed by atoms with Crippen LogP contribution < -0.4 is 14.8 Å². The molecule has 4 heteroatoms. The zero-order valence-electron chi connectivity index (χ0n) is 16.0. The highest BCUT2D eigenvalue weighted by Gasteiger charge is 2.15. The zero-order chi connectivity index (χ0) is 19.2. The van der Waals surface area contributed by atoms with Crippen LogP contribution in [-0.2, 0) is 17.8 Å². The molecule has 4 nitrogen and oxygen atoms in total. The summed E-state index contributed by atoms with van der Waals surface area (Å²) in [6.07, 6.45) is 0.707. The lowest BCUT2D eigenvalue weighted by atomic mass is 9.95. The van der Waals surface area contributed by atoms with E-state index in [0.29, 0.717) is 24.5 Å². The predicted molar refractivity (Wildman–Crippen MR) is 108 cm³/mol. The molecule has 0 saturated heterocycles. The molecule has 0 aliphatic heterocycles. The molecule has 0 aromatic heterocycles. The fraction of sp³-hybridized carbons (Fsp3) is 0.261. The summed E-state index contributed by atoms with van der Waals surface area (Å²) in [7, 11) is 3.21. The Morgan fingerprint density at radius 3 is 2.48 bits per heavy atom. The SMILES string of the molecule is COc1ccc(CNC(=O)[C@H](C)Cc2cccc3ccccc23)cc1OC. The molecular formula is C23H25NO3. The third kappa shape index (κ3) is 4.40. The molecule has 0 aliphatic rings. The van der Waals surface area contributed by atoms with Gasteiger partial charge < -0.3 is 14.8 Å². The van der Waals surface area contributed by atoms with E-state index >= 15 is 0 Å². The molecule has 3 rings (SSSR count). The Morgan fingerprint density at radius 1 is 0.963 bits per heavy atom. The van der Waals surface area contributed by atoms with Gasteiger partial charge in [-0.15, -0.1) is 0 Å². The quantitative estimate of drug-likeness (QED) is 0.679. The van der Waals surface area contributed by atoms with E-state index in [4.69, 9.17) is 9.47 Å². The van der Waals surface area contributed by atoms with E-state index in [1.165, 1.54) is 16.3 Å². The summed E-state index contributed by atoms with van der Waals surface area (Å²) >= 11 is 0. The number of methoxy groups -OCH3 is 2. The van der Waals surface area contributed by atoms with Gasteiger partial charge in [-0.3, -0.25) is 4.79 Å². The van der Waals surface area contributed by atoms with E-state index in [-0.39, 0.29) is 11.8 Å². The number of hydrogen-bond acceptors (Lipinski definition) is 3. The number of carbonyl (C=O) groups is 1. The van der Waals surface area contributed by atoms with Gasteiger partial charge in [0.05, 0.1) is 14.2 Å². The van der Waals surface area contributed by atoms with Crippen molar-refractivity contribution >= 4 is 16.7 Å². The number of fused-ring (bicyclic) bond motifs is 1. The number of amides is 1. The van der Waals surface area contributed by atoms with Crippen molar-refractivity contribution in [1.29, 1.82) is 0 Å². The smallest absolute Gasteiger partial charge is 0.223 e. The molecule has 1 N–H and O–H groups in total. The topological polar surface area (TPSA) is 47.6 Å². The van der Waals surface area contributed by atoms with Crippen LogP contribution in [0.3, 0.4) is 0 Å². The van der Waals surface area contributed by atoms with Crippen LogP contribution in [0, 0.1) is 5.92 Å². The van der Waals surface area contributed by atoms with Crippen LogP contribution in [0.25, 0.3) is 10.8 Å². The van der Waals surface area contributed by atoms with Crippen molar-refractivity contribution in [3.63, 3.8) is 0 Å². The maximum absolute atomic E-state index is 12.6. The normalized spacial score (nSPS) is 11.8. The average molecular weight is 363 g/mol. The molecule has 0 bridgehead atoms. The molecule has 1 atom stereocenters. The number of hydrogen-bond donors (Lipinski definition) is 1. The highest BCUT2D eigenvalue weighted by molar-refractivity contribution is 5.86. The number of carbonyl (C=O) groups excluding carboxylic acids is 1. The molecule has 0 heterocycles. The molecule has 0 saturated carbocycles. The summed E-state index contributed by atoms with van der Waals surface area (Å²) in [4.78, 5) is 12.6. The maximum Gasteiger partial charge on any atom is 0.223 e. The Bertz CT molecular complexity index is 931. The lowest BCUT2D eigenvalue weighted by molar-refractivity contribution is -0.124. The summed E-state index contributed by atoms with van der Waals surface area (Å²) in [5.41, 5.74) is 2.17. The summed E-state index contributed by atoms with van der Waals surface area (Å²) in [6, 6.07) is 20.2. The van der Waals surface area contributed by atoms with E-state index in [1.807, 2.05) is 43.3 Å². The van der Waals surface area contributed by atoms with Gasteiger partial charge in [0.2, 0.25) is 5.91 Å². The van der Waals surface area contributed by atoms with E-state index < -0.39 is 0 Å². The van der Waals surface area contributed by atoms with Crippen LogP contribution in [0.5, 0.6) is 11.5 Å². The number of benzene rings is 3. The van der Waals surface area contributed by atoms with Gasteiger partial charge in [0.15, 0.2) is 11.5 Å². The first-order valence-corrected chi connectivity index (χ1v) is 9.07. The van der Waals surface area contributed by atoms with E-state index in [0.717, 1.165) is 5.56 Å². The molecular weight excluding hydrogens is 338 g/mol. The molecule has 0 aliphatic carbocycles. The van der Waals surface area contributed by atoms with Crippen molar-refractivity contribution in [3.8, 4) is 11.5 Å². The molecule has 0 spiro atoms. The Hall–Kier alpha value is -3.01. The van der Waals surface area contributed by atoms with Crippen LogP contribution in [0.4, 0.5) is 0 Å². The second-order valence-corrected chi connectivity index (χ2v) is 6.65. The first kappa shape index (κ1) is 18.8. The lowest BCUT2D eigenvalue weighted by Gasteiger charge is -2.15. The molecule has 0 radical (unpaired) electrons. The van der Waals surface area contributed by atoms with Crippen molar-refractivity contribution in [2.45, 2.75) is 19.9 Å². The Balaban J connectivity index is 1.64. The Kier molecular flexibility index (Phi) is 5.97. The van der Waals surface area contributed by atoms with Gasteiger partial charge >= 0.3 is 0 Å². The van der Waals surface area contributed by atoms with Gasteiger partial charge in [-0.2, -0.15) is 0 Å². The molecule has 1 amide bonds. The highest BCUT2D eigenvalue weighted by atomic mass is 16.5. The summed E-state index contributed by atoms with van der Waals surface area (Å²) < 4.78 is 10.6. The zero-order valence-corrected chi connectivity index (χ0v) is 16.0. The standard InChI is InChI=1S/C23H25NO3/c1-16(13-19-9-6-8-18-7-4-5-10-20(18)19)23(25)24-15-17-11-12-21(26-2)22(14-17)27-3/h4-12,14,16H,13,15H2,1-3H3,(H,24,25)/t16-/m1/s1. The highest BCUT2D eigenvalue weighted by Crippen LogP contribution is 2.27. The molecule has 0 fully saturated rings. The van der Waals surface area contributed by atoms with Crippen LogP contribution in [0.15, 0.2) is 60.7 Å². The monoisotopic (exact) mass is 363 g/mol. The van der Waals surface area contributed by atoms with E-state index in [1.54, 1.807) is 14.2 Å². The summed E-state index contributed by atoms with van der Waals surface area (Å²) in [5.74, 6) is 1.26. The molecule has 3 aromatic rings. The fourth-order valence-electron chi connectivity index (χ4n) is 3.25. The molecule has 0 unspecified atom stereocenters. The van der Waals surface area contributed by atoms with Gasteiger partial charge in [-0.05, 0) is 40.5 Å². The predicted octanol–water partition coefficient (Wildman–Crippen LogP) is 4.35. The van der Waals surface area contributed by atoms with Crippen molar-refractivity contribution in [2.24, 2.45) is 5.92 Å². The second kappa shape index (κ2) is 8.58. The number of nitrogens with one attached hydrogen (secondary N) is 1. The van der Waals surface area contributed by atoms with Crippen LogP contribution in [0.2, 0.25) is 0 Å². The third-order valence-electron chi connectivity index (χ3n) is 4.77. The van der Waals surface area contributed by atoms with Gasteiger partial charge in [0.25, 0.3) is 0 Å². The first-order chi connectivity index (χ1) is 13.1. The van der Waals surface area contributed by atoms with Gasteiger partial charge in [-0.1, -0.05) is 55.5 Å². The molecule has 3 aromatic carbocycles.